The third-order valence-corrected chi connectivity index (χ3v) is 10.9. The summed E-state index contributed by atoms with van der Waals surface area (Å²) in [6.07, 6.45) is 0.0953. The Bertz CT molecular complexity index is 1760. The second kappa shape index (κ2) is 17.7. The fourth-order valence-corrected chi connectivity index (χ4v) is 7.22. The number of rotatable bonds is 18. The zero-order valence-corrected chi connectivity index (χ0v) is 30.2. The van der Waals surface area contributed by atoms with Crippen molar-refractivity contribution < 1.29 is 36.6 Å². The lowest BCUT2D eigenvalue weighted by molar-refractivity contribution is 0.0635. The number of phenolic OH excluding ortho intramolecular Hbond substituents is 1. The molecule has 0 fully saturated rings. The van der Waals surface area contributed by atoms with Gasteiger partial charge in [0.05, 0.1) is 21.9 Å². The van der Waals surface area contributed by atoms with E-state index in [0.29, 0.717) is 31.5 Å². The van der Waals surface area contributed by atoms with E-state index < -0.39 is 44.0 Å². The summed E-state index contributed by atoms with van der Waals surface area (Å²) in [4.78, 5) is 31.3. The quantitative estimate of drug-likeness (QED) is 0.144. The van der Waals surface area contributed by atoms with Gasteiger partial charge in [-0.3, -0.25) is 9.59 Å². The SMILES string of the molecule is CCCN(CCC)C(=O)c1cc(C(=O)NC(Cc2ccc(O)cc2)C(O)CN(CC)NS(=O)(=O)c2ccccc2)cc(S(=O)(=O)N(C)C)c1. The van der Waals surface area contributed by atoms with Crippen molar-refractivity contribution in [3.63, 3.8) is 0 Å². The largest absolute Gasteiger partial charge is 0.508 e. The second-order valence-electron chi connectivity index (χ2n) is 11.8. The molecule has 3 aromatic rings. The third kappa shape index (κ3) is 10.8. The Balaban J connectivity index is 2.00. The number of phenols is 1. The van der Waals surface area contributed by atoms with Crippen LogP contribution in [0.2, 0.25) is 0 Å². The summed E-state index contributed by atoms with van der Waals surface area (Å²) in [5.41, 5.74) is 0.557. The molecule has 0 aliphatic carbocycles. The molecule has 0 radical (unpaired) electrons. The Morgan fingerprint density at radius 3 is 1.96 bits per heavy atom. The fourth-order valence-electron chi connectivity index (χ4n) is 5.08. The van der Waals surface area contributed by atoms with Gasteiger partial charge in [0, 0.05) is 51.4 Å². The molecule has 2 atom stereocenters. The first-order chi connectivity index (χ1) is 23.1. The minimum atomic E-state index is -4.06. The number of carbonyl (C=O) groups excluding carboxylic acids is 2. The van der Waals surface area contributed by atoms with Crippen LogP contribution in [0.5, 0.6) is 5.75 Å². The van der Waals surface area contributed by atoms with Crippen molar-refractivity contribution in [3.05, 3.63) is 89.5 Å². The van der Waals surface area contributed by atoms with Crippen LogP contribution in [0.4, 0.5) is 0 Å². The Kier molecular flexibility index (Phi) is 14.3. The Morgan fingerprint density at radius 1 is 0.816 bits per heavy atom. The molecule has 4 N–H and O–H groups in total. The van der Waals surface area contributed by atoms with Crippen LogP contribution >= 0.6 is 0 Å². The number of hydrogen-bond acceptors (Lipinski definition) is 9. The minimum absolute atomic E-state index is 0.0219. The number of carbonyl (C=O) groups is 2. The average Bonchev–Trinajstić information content (AvgIpc) is 3.08. The van der Waals surface area contributed by atoms with Crippen LogP contribution in [-0.2, 0) is 26.5 Å². The number of likely N-dealkylation sites (N-methyl/N-ethyl adjacent to an activating group) is 1. The van der Waals surface area contributed by atoms with Gasteiger partial charge in [-0.15, -0.1) is 4.83 Å². The molecular weight excluding hydrogens is 671 g/mol. The first-order valence-corrected chi connectivity index (χ1v) is 19.0. The number of aliphatic hydroxyl groups excluding tert-OH is 1. The number of benzene rings is 3. The summed E-state index contributed by atoms with van der Waals surface area (Å²) in [6, 6.07) is 16.7. The minimum Gasteiger partial charge on any atom is -0.508 e. The summed E-state index contributed by atoms with van der Waals surface area (Å²) in [5, 5.41) is 25.3. The molecule has 13 nitrogen and oxygen atoms in total. The molecule has 0 aromatic heterocycles. The molecule has 49 heavy (non-hydrogen) atoms. The Hall–Kier alpha value is -3.86. The highest BCUT2D eigenvalue weighted by atomic mass is 32.2. The lowest BCUT2D eigenvalue weighted by Crippen LogP contribution is -2.53. The van der Waals surface area contributed by atoms with Gasteiger partial charge in [-0.1, -0.05) is 51.1 Å². The van der Waals surface area contributed by atoms with Gasteiger partial charge in [0.15, 0.2) is 0 Å². The molecule has 0 saturated carbocycles. The molecule has 0 aliphatic heterocycles. The highest BCUT2D eigenvalue weighted by molar-refractivity contribution is 7.89. The van der Waals surface area contributed by atoms with Crippen molar-refractivity contribution >= 4 is 31.9 Å². The van der Waals surface area contributed by atoms with E-state index in [1.165, 1.54) is 61.6 Å². The van der Waals surface area contributed by atoms with Crippen LogP contribution in [-0.4, -0.2) is 105 Å². The van der Waals surface area contributed by atoms with Gasteiger partial charge in [0.25, 0.3) is 21.8 Å². The van der Waals surface area contributed by atoms with Gasteiger partial charge in [0.2, 0.25) is 10.0 Å². The maximum Gasteiger partial charge on any atom is 0.253 e. The van der Waals surface area contributed by atoms with E-state index in [2.05, 4.69) is 10.1 Å². The van der Waals surface area contributed by atoms with Crippen molar-refractivity contribution in [1.82, 2.24) is 24.4 Å². The molecule has 2 amide bonds. The van der Waals surface area contributed by atoms with Gasteiger partial charge < -0.3 is 20.4 Å². The molecule has 0 heterocycles. The number of amides is 2. The number of aliphatic hydroxyl groups is 1. The molecule has 0 aliphatic rings. The van der Waals surface area contributed by atoms with Gasteiger partial charge >= 0.3 is 0 Å². The van der Waals surface area contributed by atoms with Crippen molar-refractivity contribution in [2.45, 2.75) is 62.0 Å². The normalized spacial score (nSPS) is 13.3. The smallest absolute Gasteiger partial charge is 0.253 e. The van der Waals surface area contributed by atoms with E-state index >= 15 is 0 Å². The molecular formula is C34H47N5O8S2. The summed E-state index contributed by atoms with van der Waals surface area (Å²) >= 11 is 0. The van der Waals surface area contributed by atoms with Gasteiger partial charge in [-0.25, -0.2) is 26.1 Å². The summed E-state index contributed by atoms with van der Waals surface area (Å²) in [7, 11) is -5.34. The van der Waals surface area contributed by atoms with Crippen LogP contribution < -0.4 is 10.1 Å². The summed E-state index contributed by atoms with van der Waals surface area (Å²) < 4.78 is 53.4. The number of sulfonamides is 2. The first kappa shape index (κ1) is 39.6. The standard InChI is InChI=1S/C34H47N5O8S2/c1-6-18-38(19-7-2)34(43)27-21-26(22-30(23-27)49(46,47)37(4)5)33(42)35-31(20-25-14-16-28(40)17-15-25)32(41)24-39(8-3)36-48(44,45)29-12-10-9-11-13-29/h9-17,21-23,31-32,36,40-41H,6-8,18-20,24H2,1-5H3,(H,35,42). The number of hydrazine groups is 1. The molecule has 3 rings (SSSR count). The van der Waals surface area contributed by atoms with E-state index in [0.717, 1.165) is 4.31 Å². The monoisotopic (exact) mass is 717 g/mol. The Morgan fingerprint density at radius 2 is 1.41 bits per heavy atom. The van der Waals surface area contributed by atoms with Gasteiger partial charge in [0.1, 0.15) is 5.75 Å². The van der Waals surface area contributed by atoms with Crippen molar-refractivity contribution in [2.75, 3.05) is 40.3 Å². The second-order valence-corrected chi connectivity index (χ2v) is 15.6. The van der Waals surface area contributed by atoms with E-state index in [4.69, 9.17) is 0 Å². The molecule has 2 unspecified atom stereocenters. The maximum absolute atomic E-state index is 13.9. The van der Waals surface area contributed by atoms with Crippen LogP contribution in [0.25, 0.3) is 0 Å². The van der Waals surface area contributed by atoms with Crippen LogP contribution in [0, 0.1) is 0 Å². The Labute approximate surface area is 289 Å². The van der Waals surface area contributed by atoms with Crippen LogP contribution in [0.3, 0.4) is 0 Å². The van der Waals surface area contributed by atoms with E-state index in [1.807, 2.05) is 13.8 Å². The molecule has 3 aromatic carbocycles. The molecule has 15 heteroatoms. The topological polar surface area (TPSA) is 177 Å². The first-order valence-electron chi connectivity index (χ1n) is 16.1. The van der Waals surface area contributed by atoms with Crippen molar-refractivity contribution in [1.29, 1.82) is 0 Å². The number of aromatic hydroxyl groups is 1. The lowest BCUT2D eigenvalue weighted by Gasteiger charge is -2.30. The predicted octanol–water partition coefficient (Wildman–Crippen LogP) is 2.82. The molecule has 0 spiro atoms. The summed E-state index contributed by atoms with van der Waals surface area (Å²) in [6.45, 7) is 6.38. The number of nitrogens with zero attached hydrogens (tertiary/aromatic N) is 3. The third-order valence-electron chi connectivity index (χ3n) is 7.73. The zero-order chi connectivity index (χ0) is 36.4. The van der Waals surface area contributed by atoms with Gasteiger partial charge in [-0.05, 0) is 67.3 Å². The van der Waals surface area contributed by atoms with Crippen LogP contribution in [0.15, 0.2) is 82.6 Å². The van der Waals surface area contributed by atoms with E-state index in [1.54, 1.807) is 42.2 Å². The zero-order valence-electron chi connectivity index (χ0n) is 28.5. The van der Waals surface area contributed by atoms with Gasteiger partial charge in [-0.2, -0.15) is 0 Å². The highest BCUT2D eigenvalue weighted by Gasteiger charge is 2.29. The lowest BCUT2D eigenvalue weighted by atomic mass is 10.00. The van der Waals surface area contributed by atoms with E-state index in [-0.39, 0.29) is 46.2 Å². The number of hydrogen-bond donors (Lipinski definition) is 4. The highest BCUT2D eigenvalue weighted by Crippen LogP contribution is 2.21. The summed E-state index contributed by atoms with van der Waals surface area (Å²) in [5.74, 6) is -1.15. The molecule has 0 bridgehead atoms. The van der Waals surface area contributed by atoms with Crippen LogP contribution in [0.1, 0.15) is 59.9 Å². The van der Waals surface area contributed by atoms with E-state index in [9.17, 15) is 36.6 Å². The average molecular weight is 718 g/mol. The maximum atomic E-state index is 13.9. The predicted molar refractivity (Wildman–Crippen MR) is 187 cm³/mol. The van der Waals surface area contributed by atoms with Crippen molar-refractivity contribution in [3.8, 4) is 5.75 Å². The number of nitrogens with one attached hydrogen (secondary N) is 2. The fraction of sp³-hybridized carbons (Fsp3) is 0.412. The van der Waals surface area contributed by atoms with Crippen molar-refractivity contribution in [2.24, 2.45) is 0 Å². The molecule has 0 saturated heterocycles. The molecule has 268 valence electrons.